The van der Waals surface area contributed by atoms with E-state index in [0.717, 1.165) is 11.3 Å². The zero-order valence-corrected chi connectivity index (χ0v) is 22.2. The number of hydrogen-bond acceptors (Lipinski definition) is 7. The minimum atomic E-state index is -0.555. The van der Waals surface area contributed by atoms with Crippen LogP contribution in [-0.4, -0.2) is 31.1 Å². The van der Waals surface area contributed by atoms with Crippen LogP contribution in [-0.2, 0) is 14.9 Å². The maximum atomic E-state index is 12.8. The molecule has 1 aliphatic rings. The molecule has 0 fully saturated rings. The summed E-state index contributed by atoms with van der Waals surface area (Å²) in [6, 6.07) is 19.6. The first-order valence-corrected chi connectivity index (χ1v) is 12.5. The predicted molar refractivity (Wildman–Crippen MR) is 146 cm³/mol. The van der Waals surface area contributed by atoms with Gasteiger partial charge in [-0.05, 0) is 85.0 Å². The highest BCUT2D eigenvalue weighted by atomic mass is 16.6. The molecule has 0 spiro atoms. The number of nitrogens with zero attached hydrogens (tertiary/aromatic N) is 1. The molecular formula is C31H31NO6. The Morgan fingerprint density at radius 1 is 0.895 bits per heavy atom. The van der Waals surface area contributed by atoms with Crippen molar-refractivity contribution in [1.82, 2.24) is 0 Å². The van der Waals surface area contributed by atoms with Crippen molar-refractivity contribution in [3.8, 4) is 17.2 Å². The van der Waals surface area contributed by atoms with Crippen LogP contribution >= 0.6 is 0 Å². The maximum Gasteiger partial charge on any atom is 0.363 e. The molecule has 7 nitrogen and oxygen atoms in total. The van der Waals surface area contributed by atoms with E-state index in [2.05, 4.69) is 25.8 Å². The predicted octanol–water partition coefficient (Wildman–Crippen LogP) is 6.35. The standard InChI is InChI=1S/C31H31NO6/c1-6-35-24-15-11-21(12-16-24)28-32-25(30(34)38-28)18-20-8-17-26(27(19-20)36-7-2)37-29(33)22-9-13-23(14-10-22)31(3,4)5/h8-19H,6-7H2,1-5H3/b25-18-. The van der Waals surface area contributed by atoms with Gasteiger partial charge in [0.25, 0.3) is 0 Å². The molecule has 0 aliphatic carbocycles. The highest BCUT2D eigenvalue weighted by molar-refractivity contribution is 6.12. The van der Waals surface area contributed by atoms with Crippen LogP contribution in [0.15, 0.2) is 77.4 Å². The van der Waals surface area contributed by atoms with Crippen molar-refractivity contribution < 1.29 is 28.5 Å². The van der Waals surface area contributed by atoms with Crippen molar-refractivity contribution in [1.29, 1.82) is 0 Å². The van der Waals surface area contributed by atoms with E-state index in [1.54, 1.807) is 60.7 Å². The number of carbonyl (C=O) groups is 2. The third-order valence-corrected chi connectivity index (χ3v) is 5.79. The van der Waals surface area contributed by atoms with Gasteiger partial charge in [0.1, 0.15) is 5.75 Å². The van der Waals surface area contributed by atoms with Gasteiger partial charge >= 0.3 is 11.9 Å². The molecule has 3 aromatic rings. The molecule has 1 heterocycles. The summed E-state index contributed by atoms with van der Waals surface area (Å²) in [7, 11) is 0. The summed E-state index contributed by atoms with van der Waals surface area (Å²) in [6.45, 7) is 11.0. The average molecular weight is 514 g/mol. The minimum absolute atomic E-state index is 0.0142. The van der Waals surface area contributed by atoms with Gasteiger partial charge in [-0.3, -0.25) is 0 Å². The first-order chi connectivity index (χ1) is 18.2. The monoisotopic (exact) mass is 513 g/mol. The van der Waals surface area contributed by atoms with E-state index in [1.165, 1.54) is 0 Å². The van der Waals surface area contributed by atoms with Gasteiger partial charge in [0.05, 0.1) is 18.8 Å². The van der Waals surface area contributed by atoms with Gasteiger partial charge in [0.2, 0.25) is 5.90 Å². The average Bonchev–Trinajstić information content (AvgIpc) is 3.25. The van der Waals surface area contributed by atoms with E-state index in [1.807, 2.05) is 26.0 Å². The molecule has 3 aromatic carbocycles. The number of ether oxygens (including phenoxy) is 4. The molecule has 0 radical (unpaired) electrons. The highest BCUT2D eigenvalue weighted by Gasteiger charge is 2.24. The minimum Gasteiger partial charge on any atom is -0.494 e. The van der Waals surface area contributed by atoms with E-state index >= 15 is 0 Å². The number of benzene rings is 3. The van der Waals surface area contributed by atoms with Gasteiger partial charge < -0.3 is 18.9 Å². The summed E-state index contributed by atoms with van der Waals surface area (Å²) in [5, 5.41) is 0. The van der Waals surface area contributed by atoms with Crippen molar-refractivity contribution in [2.45, 2.75) is 40.0 Å². The van der Waals surface area contributed by atoms with Crippen LogP contribution in [0, 0.1) is 0 Å². The lowest BCUT2D eigenvalue weighted by Gasteiger charge is -2.19. The van der Waals surface area contributed by atoms with Crippen LogP contribution in [0.3, 0.4) is 0 Å². The molecule has 4 rings (SSSR count). The molecule has 0 saturated heterocycles. The van der Waals surface area contributed by atoms with Gasteiger partial charge in [-0.25, -0.2) is 14.6 Å². The number of cyclic esters (lactones) is 1. The van der Waals surface area contributed by atoms with Crippen LogP contribution in [0.1, 0.15) is 61.7 Å². The quantitative estimate of drug-likeness (QED) is 0.198. The van der Waals surface area contributed by atoms with Crippen molar-refractivity contribution in [3.63, 3.8) is 0 Å². The number of esters is 2. The van der Waals surface area contributed by atoms with Crippen molar-refractivity contribution >= 4 is 23.9 Å². The molecule has 38 heavy (non-hydrogen) atoms. The molecule has 0 bridgehead atoms. The van der Waals surface area contributed by atoms with Crippen LogP contribution in [0.4, 0.5) is 0 Å². The molecule has 0 unspecified atom stereocenters. The fourth-order valence-electron chi connectivity index (χ4n) is 3.78. The number of carbonyl (C=O) groups excluding carboxylic acids is 2. The molecular weight excluding hydrogens is 482 g/mol. The van der Waals surface area contributed by atoms with Crippen LogP contribution < -0.4 is 14.2 Å². The molecule has 196 valence electrons. The van der Waals surface area contributed by atoms with E-state index in [0.29, 0.717) is 35.7 Å². The normalized spacial score (nSPS) is 14.2. The molecule has 0 saturated carbocycles. The van der Waals surface area contributed by atoms with Crippen LogP contribution in [0.5, 0.6) is 17.2 Å². The molecule has 0 aromatic heterocycles. The number of hydrogen-bond donors (Lipinski definition) is 0. The van der Waals surface area contributed by atoms with Gasteiger partial charge in [-0.15, -0.1) is 0 Å². The molecule has 0 atom stereocenters. The highest BCUT2D eigenvalue weighted by Crippen LogP contribution is 2.31. The fourth-order valence-corrected chi connectivity index (χ4v) is 3.78. The number of aliphatic imine (C=N–C) groups is 1. The Morgan fingerprint density at radius 3 is 2.21 bits per heavy atom. The summed E-state index contributed by atoms with van der Waals surface area (Å²) in [6.07, 6.45) is 1.60. The third-order valence-electron chi connectivity index (χ3n) is 5.79. The number of rotatable bonds is 8. The molecule has 1 aliphatic heterocycles. The zero-order valence-electron chi connectivity index (χ0n) is 22.2. The topological polar surface area (TPSA) is 83.4 Å². The molecule has 0 amide bonds. The lowest BCUT2D eigenvalue weighted by atomic mass is 9.87. The second-order valence-corrected chi connectivity index (χ2v) is 9.65. The fraction of sp³-hybridized carbons (Fsp3) is 0.258. The molecule has 7 heteroatoms. The second-order valence-electron chi connectivity index (χ2n) is 9.65. The SMILES string of the molecule is CCOc1ccc(C2=N/C(=C\c3ccc(OC(=O)c4ccc(C(C)(C)C)cc4)c(OCC)c3)C(=O)O2)cc1. The van der Waals surface area contributed by atoms with E-state index in [9.17, 15) is 9.59 Å². The van der Waals surface area contributed by atoms with Gasteiger partial charge in [0.15, 0.2) is 17.2 Å². The lowest BCUT2D eigenvalue weighted by Crippen LogP contribution is -2.13. The maximum absolute atomic E-state index is 12.8. The van der Waals surface area contributed by atoms with E-state index in [4.69, 9.17) is 18.9 Å². The lowest BCUT2D eigenvalue weighted by molar-refractivity contribution is -0.129. The summed E-state index contributed by atoms with van der Waals surface area (Å²) >= 11 is 0. The van der Waals surface area contributed by atoms with Gasteiger partial charge in [-0.1, -0.05) is 39.0 Å². The molecule has 0 N–H and O–H groups in total. The van der Waals surface area contributed by atoms with Gasteiger partial charge in [-0.2, -0.15) is 0 Å². The summed E-state index contributed by atoms with van der Waals surface area (Å²) in [5.74, 6) is 0.568. The second kappa shape index (κ2) is 11.3. The van der Waals surface area contributed by atoms with E-state index in [-0.39, 0.29) is 22.8 Å². The van der Waals surface area contributed by atoms with Gasteiger partial charge in [0, 0.05) is 5.56 Å². The Bertz CT molecular complexity index is 1380. The Balaban J connectivity index is 1.53. The van der Waals surface area contributed by atoms with Crippen LogP contribution in [0.2, 0.25) is 0 Å². The van der Waals surface area contributed by atoms with Crippen molar-refractivity contribution in [2.75, 3.05) is 13.2 Å². The Kier molecular flexibility index (Phi) is 7.96. The van der Waals surface area contributed by atoms with E-state index < -0.39 is 11.9 Å². The van der Waals surface area contributed by atoms with Crippen LogP contribution in [0.25, 0.3) is 6.08 Å². The summed E-state index contributed by atoms with van der Waals surface area (Å²) in [5.41, 5.74) is 3.01. The first kappa shape index (κ1) is 26.7. The first-order valence-electron chi connectivity index (χ1n) is 12.5. The Morgan fingerprint density at radius 2 is 1.58 bits per heavy atom. The third kappa shape index (κ3) is 6.29. The largest absolute Gasteiger partial charge is 0.494 e. The van der Waals surface area contributed by atoms with Crippen molar-refractivity contribution in [2.24, 2.45) is 4.99 Å². The van der Waals surface area contributed by atoms with Crippen molar-refractivity contribution in [3.05, 3.63) is 94.7 Å². The summed E-state index contributed by atoms with van der Waals surface area (Å²) < 4.78 is 22.2. The zero-order chi connectivity index (χ0) is 27.3. The Labute approximate surface area is 222 Å². The Hall–Kier alpha value is -4.39. The smallest absolute Gasteiger partial charge is 0.363 e. The summed E-state index contributed by atoms with van der Waals surface area (Å²) in [4.78, 5) is 29.6.